The number of aliphatic imine (C=N–C) groups is 1. The fourth-order valence-electron chi connectivity index (χ4n) is 3.59. The number of rotatable bonds is 8. The van der Waals surface area contributed by atoms with E-state index in [1.807, 2.05) is 54.6 Å². The lowest BCUT2D eigenvalue weighted by molar-refractivity contribution is -0.0324. The topological polar surface area (TPSA) is 55.7 Å². The van der Waals surface area contributed by atoms with Gasteiger partial charge in [0.15, 0.2) is 6.79 Å². The molecule has 3 aromatic rings. The van der Waals surface area contributed by atoms with Gasteiger partial charge in [0.05, 0.1) is 28.4 Å². The Balaban J connectivity index is 1.54. The van der Waals surface area contributed by atoms with E-state index in [0.29, 0.717) is 40.0 Å². The normalized spacial score (nSPS) is 14.5. The fourth-order valence-corrected chi connectivity index (χ4v) is 4.05. The Labute approximate surface area is 198 Å². The average Bonchev–Trinajstić information content (AvgIpc) is 3.33. The molecule has 7 heteroatoms. The van der Waals surface area contributed by atoms with Crippen LogP contribution in [0.4, 0.5) is 5.69 Å². The first-order valence-corrected chi connectivity index (χ1v) is 11.4. The number of benzene rings is 2. The molecule has 32 heavy (non-hydrogen) atoms. The number of nitrogens with zero attached hydrogens (tertiary/aromatic N) is 2. The largest absolute Gasteiger partial charge is 0.468 e. The van der Waals surface area contributed by atoms with Gasteiger partial charge in [-0.25, -0.2) is 0 Å². The van der Waals surface area contributed by atoms with E-state index in [1.165, 1.54) is 12.8 Å². The summed E-state index contributed by atoms with van der Waals surface area (Å²) in [5.41, 5.74) is 2.50. The average molecular weight is 470 g/mol. The SMILES string of the molecule is Clc1cncc(Cl)c1NC(=NCc1ccccc1)c1cccc(OCOC2CCCC2)c1. The van der Waals surface area contributed by atoms with Crippen molar-refractivity contribution in [2.45, 2.75) is 38.3 Å². The molecule has 0 spiro atoms. The summed E-state index contributed by atoms with van der Waals surface area (Å²) >= 11 is 12.7. The van der Waals surface area contributed by atoms with E-state index >= 15 is 0 Å². The van der Waals surface area contributed by atoms with Gasteiger partial charge in [-0.05, 0) is 30.5 Å². The third kappa shape index (κ3) is 6.22. The molecule has 0 radical (unpaired) electrons. The van der Waals surface area contributed by atoms with E-state index in [2.05, 4.69) is 10.3 Å². The highest BCUT2D eigenvalue weighted by Crippen LogP contribution is 2.29. The quantitative estimate of drug-likeness (QED) is 0.225. The standard InChI is InChI=1S/C25H25Cl2N3O2/c26-22-15-28-16-23(27)24(22)30-25(29-14-18-7-2-1-3-8-18)19-9-6-12-21(13-19)32-17-31-20-10-4-5-11-20/h1-3,6-9,12-13,15-16,20H,4-5,10-11,14,17H2,(H,28,29,30). The van der Waals surface area contributed by atoms with Gasteiger partial charge in [-0.3, -0.25) is 9.98 Å². The first-order chi connectivity index (χ1) is 15.7. The van der Waals surface area contributed by atoms with Crippen LogP contribution in [0.25, 0.3) is 0 Å². The van der Waals surface area contributed by atoms with Crippen molar-refractivity contribution in [3.63, 3.8) is 0 Å². The fraction of sp³-hybridized carbons (Fsp3) is 0.280. The molecule has 1 heterocycles. The van der Waals surface area contributed by atoms with Crippen molar-refractivity contribution in [3.05, 3.63) is 88.2 Å². The van der Waals surface area contributed by atoms with Crippen molar-refractivity contribution in [1.29, 1.82) is 0 Å². The molecule has 0 bridgehead atoms. The van der Waals surface area contributed by atoms with Gasteiger partial charge in [-0.2, -0.15) is 0 Å². The maximum Gasteiger partial charge on any atom is 0.189 e. The Hall–Kier alpha value is -2.60. The van der Waals surface area contributed by atoms with Crippen LogP contribution in [-0.4, -0.2) is 23.7 Å². The number of anilines is 1. The van der Waals surface area contributed by atoms with Gasteiger partial charge < -0.3 is 14.8 Å². The highest BCUT2D eigenvalue weighted by molar-refractivity contribution is 6.39. The Bertz CT molecular complexity index is 1030. The van der Waals surface area contributed by atoms with Gasteiger partial charge in [0.2, 0.25) is 0 Å². The Kier molecular flexibility index (Phi) is 7.99. The molecule has 166 valence electrons. The summed E-state index contributed by atoms with van der Waals surface area (Å²) in [5, 5.41) is 4.13. The first kappa shape index (κ1) is 22.6. The van der Waals surface area contributed by atoms with Gasteiger partial charge in [-0.1, -0.05) is 78.5 Å². The lowest BCUT2D eigenvalue weighted by atomic mass is 10.1. The molecule has 5 nitrogen and oxygen atoms in total. The maximum absolute atomic E-state index is 6.33. The molecule has 0 atom stereocenters. The molecular formula is C25H25Cl2N3O2. The molecule has 4 rings (SSSR count). The zero-order valence-corrected chi connectivity index (χ0v) is 19.1. The predicted octanol–water partition coefficient (Wildman–Crippen LogP) is 6.74. The second-order valence-corrected chi connectivity index (χ2v) is 8.43. The number of nitrogens with one attached hydrogen (secondary N) is 1. The summed E-state index contributed by atoms with van der Waals surface area (Å²) in [5.74, 6) is 1.34. The number of halogens is 2. The van der Waals surface area contributed by atoms with E-state index in [1.54, 1.807) is 12.4 Å². The molecule has 2 aromatic carbocycles. The van der Waals surface area contributed by atoms with E-state index < -0.39 is 0 Å². The lowest BCUT2D eigenvalue weighted by Gasteiger charge is -2.15. The predicted molar refractivity (Wildman–Crippen MR) is 130 cm³/mol. The van der Waals surface area contributed by atoms with Gasteiger partial charge in [0, 0.05) is 18.0 Å². The summed E-state index contributed by atoms with van der Waals surface area (Å²) in [6.45, 7) is 0.736. The highest BCUT2D eigenvalue weighted by atomic mass is 35.5. The zero-order chi connectivity index (χ0) is 22.2. The van der Waals surface area contributed by atoms with Crippen LogP contribution in [0, 0.1) is 0 Å². The Morgan fingerprint density at radius 2 is 1.75 bits per heavy atom. The lowest BCUT2D eigenvalue weighted by Crippen LogP contribution is -2.16. The van der Waals surface area contributed by atoms with E-state index in [4.69, 9.17) is 37.7 Å². The number of hydrogen-bond donors (Lipinski definition) is 1. The van der Waals surface area contributed by atoms with Crippen LogP contribution < -0.4 is 10.1 Å². The van der Waals surface area contributed by atoms with Crippen LogP contribution in [0.3, 0.4) is 0 Å². The molecule has 1 saturated carbocycles. The molecule has 1 N–H and O–H groups in total. The molecule has 0 saturated heterocycles. The molecule has 0 unspecified atom stereocenters. The van der Waals surface area contributed by atoms with Crippen molar-refractivity contribution in [3.8, 4) is 5.75 Å². The van der Waals surface area contributed by atoms with Gasteiger partial charge in [0.25, 0.3) is 0 Å². The van der Waals surface area contributed by atoms with Crippen molar-refractivity contribution >= 4 is 34.7 Å². The number of hydrogen-bond acceptors (Lipinski definition) is 4. The summed E-state index contributed by atoms with van der Waals surface area (Å²) < 4.78 is 11.7. The number of amidine groups is 1. The van der Waals surface area contributed by atoms with Gasteiger partial charge in [-0.15, -0.1) is 0 Å². The van der Waals surface area contributed by atoms with E-state index in [9.17, 15) is 0 Å². The van der Waals surface area contributed by atoms with Crippen LogP contribution in [0.15, 0.2) is 72.0 Å². The second kappa shape index (κ2) is 11.3. The first-order valence-electron chi connectivity index (χ1n) is 10.7. The smallest absolute Gasteiger partial charge is 0.189 e. The van der Waals surface area contributed by atoms with Crippen molar-refractivity contribution in [2.24, 2.45) is 4.99 Å². The van der Waals surface area contributed by atoms with Crippen LogP contribution in [0.5, 0.6) is 5.75 Å². The van der Waals surface area contributed by atoms with E-state index in [-0.39, 0.29) is 6.79 Å². The maximum atomic E-state index is 6.33. The summed E-state index contributed by atoms with van der Waals surface area (Å²) in [4.78, 5) is 8.83. The van der Waals surface area contributed by atoms with Crippen LogP contribution in [-0.2, 0) is 11.3 Å². The van der Waals surface area contributed by atoms with Gasteiger partial charge >= 0.3 is 0 Å². The number of pyridine rings is 1. The monoisotopic (exact) mass is 469 g/mol. The van der Waals surface area contributed by atoms with E-state index in [0.717, 1.165) is 24.0 Å². The minimum Gasteiger partial charge on any atom is -0.468 e. The molecule has 0 amide bonds. The highest BCUT2D eigenvalue weighted by Gasteiger charge is 2.16. The minimum absolute atomic E-state index is 0.236. The van der Waals surface area contributed by atoms with Crippen LogP contribution in [0.1, 0.15) is 36.8 Å². The minimum atomic E-state index is 0.236. The van der Waals surface area contributed by atoms with Gasteiger partial charge in [0.1, 0.15) is 11.6 Å². The third-order valence-electron chi connectivity index (χ3n) is 5.30. The molecular weight excluding hydrogens is 445 g/mol. The second-order valence-electron chi connectivity index (χ2n) is 7.62. The summed E-state index contributed by atoms with van der Waals surface area (Å²) in [6.07, 6.45) is 8.07. The number of ether oxygens (including phenoxy) is 2. The van der Waals surface area contributed by atoms with Crippen LogP contribution in [0.2, 0.25) is 10.0 Å². The van der Waals surface area contributed by atoms with Crippen molar-refractivity contribution in [1.82, 2.24) is 4.98 Å². The zero-order valence-electron chi connectivity index (χ0n) is 17.6. The van der Waals surface area contributed by atoms with Crippen molar-refractivity contribution < 1.29 is 9.47 Å². The third-order valence-corrected chi connectivity index (χ3v) is 5.87. The molecule has 1 aromatic heterocycles. The summed E-state index contributed by atoms with van der Waals surface area (Å²) in [7, 11) is 0. The Morgan fingerprint density at radius 3 is 2.50 bits per heavy atom. The summed E-state index contributed by atoms with van der Waals surface area (Å²) in [6, 6.07) is 17.8. The molecule has 1 fully saturated rings. The molecule has 1 aliphatic rings. The molecule has 0 aliphatic heterocycles. The molecule has 1 aliphatic carbocycles. The number of aromatic nitrogens is 1. The van der Waals surface area contributed by atoms with Crippen molar-refractivity contribution in [2.75, 3.05) is 12.1 Å². The Morgan fingerprint density at radius 1 is 1.00 bits per heavy atom. The van der Waals surface area contributed by atoms with Crippen LogP contribution >= 0.6 is 23.2 Å².